The minimum absolute atomic E-state index is 0.496. The van der Waals surface area contributed by atoms with Gasteiger partial charge in [0.1, 0.15) is 6.29 Å². The van der Waals surface area contributed by atoms with Crippen LogP contribution < -0.4 is 0 Å². The van der Waals surface area contributed by atoms with Crippen LogP contribution in [0.15, 0.2) is 54.6 Å². The average Bonchev–Trinajstić information content (AvgIpc) is 2.39. The fourth-order valence-corrected chi connectivity index (χ4v) is 1.60. The summed E-state index contributed by atoms with van der Waals surface area (Å²) in [6, 6.07) is 15.5. The summed E-state index contributed by atoms with van der Waals surface area (Å²) in [5.74, 6) is 0. The molecular weight excluding hydrogens is 203 g/mol. The lowest BCUT2D eigenvalue weighted by Gasteiger charge is -2.08. The van der Waals surface area contributed by atoms with Gasteiger partial charge in [0.2, 0.25) is 0 Å². The Morgan fingerprint density at radius 1 is 0.938 bits per heavy atom. The van der Waals surface area contributed by atoms with Crippen LogP contribution in [0.2, 0.25) is 0 Å². The van der Waals surface area contributed by atoms with Gasteiger partial charge in [0.05, 0.1) is 0 Å². The van der Waals surface area contributed by atoms with E-state index in [9.17, 15) is 9.18 Å². The number of rotatable bonds is 3. The number of alkyl halides is 1. The Labute approximate surface area is 93.5 Å². The predicted octanol–water partition coefficient (Wildman–Crippen LogP) is 3.56. The first-order valence-electron chi connectivity index (χ1n) is 5.05. The molecule has 2 aromatic rings. The highest BCUT2D eigenvalue weighted by atomic mass is 19.1. The molecule has 0 heterocycles. The number of hydrogen-bond acceptors (Lipinski definition) is 1. The molecule has 1 unspecified atom stereocenters. The van der Waals surface area contributed by atoms with Crippen LogP contribution in [0.3, 0.4) is 0 Å². The van der Waals surface area contributed by atoms with E-state index in [0.717, 1.165) is 6.29 Å². The molecule has 0 aliphatic heterocycles. The van der Waals surface area contributed by atoms with Crippen LogP contribution in [-0.4, -0.2) is 6.29 Å². The summed E-state index contributed by atoms with van der Waals surface area (Å²) < 4.78 is 14.1. The molecule has 0 radical (unpaired) electrons. The smallest absolute Gasteiger partial charge is 0.150 e. The van der Waals surface area contributed by atoms with E-state index in [-0.39, 0.29) is 0 Å². The monoisotopic (exact) mass is 214 g/mol. The Morgan fingerprint density at radius 2 is 1.62 bits per heavy atom. The highest BCUT2D eigenvalue weighted by Crippen LogP contribution is 2.25. The average molecular weight is 214 g/mol. The van der Waals surface area contributed by atoms with Gasteiger partial charge in [0.15, 0.2) is 6.17 Å². The van der Waals surface area contributed by atoms with Gasteiger partial charge >= 0.3 is 0 Å². The molecular formula is C14H11FO. The molecule has 0 N–H and O–H groups in total. The first-order chi connectivity index (χ1) is 7.81. The SMILES string of the molecule is O=Cc1cccc(C(F)c2ccccc2)c1. The molecule has 0 aliphatic rings. The first kappa shape index (κ1) is 10.6. The Kier molecular flexibility index (Phi) is 3.10. The second-order valence-corrected chi connectivity index (χ2v) is 3.56. The number of carbonyl (C=O) groups is 1. The maximum absolute atomic E-state index is 14.1. The van der Waals surface area contributed by atoms with Crippen molar-refractivity contribution >= 4 is 6.29 Å². The van der Waals surface area contributed by atoms with Crippen molar-refractivity contribution in [2.24, 2.45) is 0 Å². The van der Waals surface area contributed by atoms with Gasteiger partial charge in [-0.1, -0.05) is 48.5 Å². The molecule has 0 saturated carbocycles. The van der Waals surface area contributed by atoms with Crippen LogP contribution >= 0.6 is 0 Å². The van der Waals surface area contributed by atoms with E-state index in [1.54, 1.807) is 48.5 Å². The fourth-order valence-electron chi connectivity index (χ4n) is 1.60. The summed E-state index contributed by atoms with van der Waals surface area (Å²) >= 11 is 0. The molecule has 0 spiro atoms. The van der Waals surface area contributed by atoms with Gasteiger partial charge in [-0.05, 0) is 17.2 Å². The summed E-state index contributed by atoms with van der Waals surface area (Å²) in [5.41, 5.74) is 1.61. The second-order valence-electron chi connectivity index (χ2n) is 3.56. The first-order valence-corrected chi connectivity index (χ1v) is 5.05. The summed E-state index contributed by atoms with van der Waals surface area (Å²) in [4.78, 5) is 10.6. The Morgan fingerprint density at radius 3 is 2.31 bits per heavy atom. The Bertz CT molecular complexity index is 479. The van der Waals surface area contributed by atoms with Crippen molar-refractivity contribution in [3.05, 3.63) is 71.3 Å². The van der Waals surface area contributed by atoms with Gasteiger partial charge in [0.25, 0.3) is 0 Å². The number of hydrogen-bond donors (Lipinski definition) is 0. The Balaban J connectivity index is 2.34. The lowest BCUT2D eigenvalue weighted by atomic mass is 10.0. The Hall–Kier alpha value is -1.96. The topological polar surface area (TPSA) is 17.1 Å². The van der Waals surface area contributed by atoms with Crippen molar-refractivity contribution in [1.82, 2.24) is 0 Å². The van der Waals surface area contributed by atoms with Gasteiger partial charge in [-0.3, -0.25) is 4.79 Å². The number of benzene rings is 2. The molecule has 1 nitrogen and oxygen atoms in total. The van der Waals surface area contributed by atoms with E-state index in [2.05, 4.69) is 0 Å². The summed E-state index contributed by atoms with van der Waals surface area (Å²) in [6.45, 7) is 0. The largest absolute Gasteiger partial charge is 0.298 e. The molecule has 16 heavy (non-hydrogen) atoms. The van der Waals surface area contributed by atoms with Crippen LogP contribution in [0.5, 0.6) is 0 Å². The summed E-state index contributed by atoms with van der Waals surface area (Å²) in [5, 5.41) is 0. The predicted molar refractivity (Wildman–Crippen MR) is 61.2 cm³/mol. The van der Waals surface area contributed by atoms with Crippen molar-refractivity contribution in [2.45, 2.75) is 6.17 Å². The van der Waals surface area contributed by atoms with E-state index >= 15 is 0 Å². The van der Waals surface area contributed by atoms with Crippen molar-refractivity contribution in [3.8, 4) is 0 Å². The van der Waals surface area contributed by atoms with Gasteiger partial charge in [-0.15, -0.1) is 0 Å². The summed E-state index contributed by atoms with van der Waals surface area (Å²) in [6.07, 6.45) is -0.456. The number of aldehydes is 1. The minimum atomic E-state index is -1.18. The molecule has 0 amide bonds. The van der Waals surface area contributed by atoms with E-state index < -0.39 is 6.17 Å². The molecule has 80 valence electrons. The van der Waals surface area contributed by atoms with E-state index in [4.69, 9.17) is 0 Å². The van der Waals surface area contributed by atoms with Crippen molar-refractivity contribution in [2.75, 3.05) is 0 Å². The fraction of sp³-hybridized carbons (Fsp3) is 0.0714. The summed E-state index contributed by atoms with van der Waals surface area (Å²) in [7, 11) is 0. The van der Waals surface area contributed by atoms with Gasteiger partial charge < -0.3 is 0 Å². The van der Waals surface area contributed by atoms with Crippen molar-refractivity contribution in [1.29, 1.82) is 0 Å². The maximum atomic E-state index is 14.1. The van der Waals surface area contributed by atoms with E-state index in [1.807, 2.05) is 6.07 Å². The van der Waals surface area contributed by atoms with Crippen LogP contribution in [-0.2, 0) is 0 Å². The van der Waals surface area contributed by atoms with Crippen LogP contribution in [0, 0.1) is 0 Å². The third-order valence-corrected chi connectivity index (χ3v) is 2.43. The van der Waals surface area contributed by atoms with Crippen LogP contribution in [0.25, 0.3) is 0 Å². The lowest BCUT2D eigenvalue weighted by Crippen LogP contribution is -1.95. The zero-order valence-corrected chi connectivity index (χ0v) is 8.64. The zero-order valence-electron chi connectivity index (χ0n) is 8.64. The molecule has 0 fully saturated rings. The quantitative estimate of drug-likeness (QED) is 0.714. The van der Waals surface area contributed by atoms with E-state index in [0.29, 0.717) is 16.7 Å². The van der Waals surface area contributed by atoms with E-state index in [1.165, 1.54) is 0 Å². The third-order valence-electron chi connectivity index (χ3n) is 2.43. The van der Waals surface area contributed by atoms with Crippen molar-refractivity contribution in [3.63, 3.8) is 0 Å². The number of carbonyl (C=O) groups excluding carboxylic acids is 1. The molecule has 2 heteroatoms. The molecule has 2 aromatic carbocycles. The van der Waals surface area contributed by atoms with Crippen LogP contribution in [0.1, 0.15) is 27.7 Å². The minimum Gasteiger partial charge on any atom is -0.298 e. The molecule has 0 aromatic heterocycles. The number of halogens is 1. The van der Waals surface area contributed by atoms with Crippen molar-refractivity contribution < 1.29 is 9.18 Å². The highest BCUT2D eigenvalue weighted by Gasteiger charge is 2.11. The highest BCUT2D eigenvalue weighted by molar-refractivity contribution is 5.75. The van der Waals surface area contributed by atoms with Gasteiger partial charge in [-0.25, -0.2) is 4.39 Å². The molecule has 0 bridgehead atoms. The van der Waals surface area contributed by atoms with Gasteiger partial charge in [-0.2, -0.15) is 0 Å². The normalized spacial score (nSPS) is 12.1. The van der Waals surface area contributed by atoms with Crippen LogP contribution in [0.4, 0.5) is 4.39 Å². The molecule has 1 atom stereocenters. The second kappa shape index (κ2) is 4.71. The lowest BCUT2D eigenvalue weighted by molar-refractivity contribution is 0.112. The molecule has 0 saturated heterocycles. The maximum Gasteiger partial charge on any atom is 0.150 e. The van der Waals surface area contributed by atoms with Gasteiger partial charge in [0, 0.05) is 5.56 Å². The third kappa shape index (κ3) is 2.16. The standard InChI is InChI=1S/C14H11FO/c15-14(12-6-2-1-3-7-12)13-8-4-5-11(9-13)10-16/h1-10,14H. The molecule has 0 aliphatic carbocycles. The zero-order chi connectivity index (χ0) is 11.4. The molecule has 2 rings (SSSR count).